The van der Waals surface area contributed by atoms with Crippen LogP contribution in [0.15, 0.2) is 18.2 Å². The smallest absolute Gasteiger partial charge is 0.226 e. The third kappa shape index (κ3) is 3.81. The van der Waals surface area contributed by atoms with E-state index in [2.05, 4.69) is 17.9 Å². The van der Waals surface area contributed by atoms with Gasteiger partial charge in [-0.3, -0.25) is 4.79 Å². The molecule has 3 rings (SSSR count). The number of fused-ring (bicyclic) bond motifs is 1. The second kappa shape index (κ2) is 7.66. The summed E-state index contributed by atoms with van der Waals surface area (Å²) in [5, 5.41) is 10.7. The first-order chi connectivity index (χ1) is 11.6. The number of amides is 1. The fraction of sp³-hybridized carbons (Fsp3) is 0.650. The molecule has 2 atom stereocenters. The van der Waals surface area contributed by atoms with E-state index in [0.29, 0.717) is 13.0 Å². The third-order valence-electron chi connectivity index (χ3n) is 5.38. The van der Waals surface area contributed by atoms with Gasteiger partial charge in [-0.1, -0.05) is 26.0 Å². The summed E-state index contributed by atoms with van der Waals surface area (Å²) in [4.78, 5) is 16.4. The van der Waals surface area contributed by atoms with Gasteiger partial charge in [0.1, 0.15) is 0 Å². The van der Waals surface area contributed by atoms with Gasteiger partial charge in [-0.15, -0.1) is 0 Å². The van der Waals surface area contributed by atoms with E-state index in [1.807, 2.05) is 24.0 Å². The average Bonchev–Trinajstić information content (AvgIpc) is 2.60. The number of aryl methyl sites for hydroxylation is 1. The van der Waals surface area contributed by atoms with Gasteiger partial charge >= 0.3 is 0 Å². The van der Waals surface area contributed by atoms with E-state index in [-0.39, 0.29) is 5.91 Å². The van der Waals surface area contributed by atoms with Gasteiger partial charge in [0, 0.05) is 31.7 Å². The van der Waals surface area contributed by atoms with Gasteiger partial charge in [-0.2, -0.15) is 0 Å². The van der Waals surface area contributed by atoms with Crippen molar-refractivity contribution < 1.29 is 9.90 Å². The number of anilines is 1. The molecule has 0 saturated carbocycles. The maximum Gasteiger partial charge on any atom is 0.226 e. The Morgan fingerprint density at radius 2 is 2.17 bits per heavy atom. The van der Waals surface area contributed by atoms with Crippen molar-refractivity contribution in [2.45, 2.75) is 52.1 Å². The third-order valence-corrected chi connectivity index (χ3v) is 5.38. The van der Waals surface area contributed by atoms with Crippen LogP contribution in [0.5, 0.6) is 0 Å². The molecule has 0 aromatic heterocycles. The molecule has 24 heavy (non-hydrogen) atoms. The second-order valence-corrected chi connectivity index (χ2v) is 7.41. The van der Waals surface area contributed by atoms with Crippen molar-refractivity contribution in [3.05, 3.63) is 29.3 Å². The minimum Gasteiger partial charge on any atom is -0.387 e. The highest BCUT2D eigenvalue weighted by atomic mass is 16.3. The zero-order valence-electron chi connectivity index (χ0n) is 15.0. The molecule has 1 N–H and O–H groups in total. The van der Waals surface area contributed by atoms with Crippen LogP contribution in [0.1, 0.15) is 56.8 Å². The first-order valence-corrected chi connectivity index (χ1v) is 9.42. The lowest BCUT2D eigenvalue weighted by molar-refractivity contribution is -0.118. The number of piperidine rings is 1. The summed E-state index contributed by atoms with van der Waals surface area (Å²) in [7, 11) is 0. The zero-order chi connectivity index (χ0) is 17.1. The molecule has 1 saturated heterocycles. The summed E-state index contributed by atoms with van der Waals surface area (Å²) < 4.78 is 0. The lowest BCUT2D eigenvalue weighted by Crippen LogP contribution is -2.37. The van der Waals surface area contributed by atoms with Crippen molar-refractivity contribution in [2.24, 2.45) is 5.92 Å². The van der Waals surface area contributed by atoms with Gasteiger partial charge in [0.15, 0.2) is 0 Å². The van der Waals surface area contributed by atoms with Crippen LogP contribution >= 0.6 is 0 Å². The van der Waals surface area contributed by atoms with Crippen LogP contribution in [0.2, 0.25) is 0 Å². The second-order valence-electron chi connectivity index (χ2n) is 7.41. The molecule has 2 heterocycles. The van der Waals surface area contributed by atoms with Gasteiger partial charge < -0.3 is 14.9 Å². The molecule has 1 fully saturated rings. The van der Waals surface area contributed by atoms with Crippen LogP contribution < -0.4 is 4.90 Å². The van der Waals surface area contributed by atoms with Gasteiger partial charge in [0.05, 0.1) is 6.10 Å². The highest BCUT2D eigenvalue weighted by Crippen LogP contribution is 2.31. The summed E-state index contributed by atoms with van der Waals surface area (Å²) >= 11 is 0. The predicted molar refractivity (Wildman–Crippen MR) is 97.2 cm³/mol. The number of carbonyl (C=O) groups is 1. The Hall–Kier alpha value is -1.39. The maximum atomic E-state index is 12.1. The van der Waals surface area contributed by atoms with Gasteiger partial charge in [-0.25, -0.2) is 0 Å². The Balaban J connectivity index is 1.72. The molecule has 1 amide bonds. The van der Waals surface area contributed by atoms with E-state index in [4.69, 9.17) is 0 Å². The Morgan fingerprint density at radius 3 is 2.92 bits per heavy atom. The van der Waals surface area contributed by atoms with E-state index >= 15 is 0 Å². The number of benzene rings is 1. The highest BCUT2D eigenvalue weighted by molar-refractivity contribution is 5.94. The molecular formula is C20H30N2O2. The van der Waals surface area contributed by atoms with Crippen LogP contribution in [-0.2, 0) is 11.2 Å². The molecule has 0 aliphatic carbocycles. The lowest BCUT2D eigenvalue weighted by Gasteiger charge is -2.33. The van der Waals surface area contributed by atoms with Crippen molar-refractivity contribution >= 4 is 11.6 Å². The lowest BCUT2D eigenvalue weighted by atomic mass is 9.96. The topological polar surface area (TPSA) is 43.8 Å². The first-order valence-electron chi connectivity index (χ1n) is 9.42. The van der Waals surface area contributed by atoms with Crippen molar-refractivity contribution in [3.8, 4) is 0 Å². The zero-order valence-corrected chi connectivity index (χ0v) is 15.0. The number of hydrogen-bond acceptors (Lipinski definition) is 3. The van der Waals surface area contributed by atoms with E-state index in [1.165, 1.54) is 18.4 Å². The number of nitrogens with zero attached hydrogens (tertiary/aromatic N) is 2. The Bertz CT molecular complexity index is 587. The molecule has 4 nitrogen and oxygen atoms in total. The summed E-state index contributed by atoms with van der Waals surface area (Å²) in [5.74, 6) is 0.912. The van der Waals surface area contributed by atoms with E-state index in [1.54, 1.807) is 0 Å². The largest absolute Gasteiger partial charge is 0.387 e. The number of β-amino-alcohol motifs (C(OH)–C–C–N with tert-alkyl or cyclic N) is 1. The number of aliphatic hydroxyl groups is 1. The minimum absolute atomic E-state index is 0.187. The monoisotopic (exact) mass is 330 g/mol. The Kier molecular flexibility index (Phi) is 5.57. The van der Waals surface area contributed by atoms with Crippen molar-refractivity contribution in [1.82, 2.24) is 4.90 Å². The normalized spacial score (nSPS) is 23.0. The van der Waals surface area contributed by atoms with Crippen LogP contribution in [0.25, 0.3) is 0 Å². The Labute approximate surface area is 145 Å². The fourth-order valence-corrected chi connectivity index (χ4v) is 4.08. The molecule has 1 aromatic rings. The number of rotatable bonds is 4. The standard InChI is InChI=1S/C20H30N2O2/c1-3-20(24)22-11-5-7-16-12-17(8-9-18(16)22)19(23)14-21-10-4-6-15(2)13-21/h8-9,12,15,19,23H,3-7,10-11,13-14H2,1-2H3/t15-,19-/m0/s1. The maximum absolute atomic E-state index is 12.1. The SMILES string of the molecule is CCC(=O)N1CCCc2cc([C@@H](O)CN3CCC[C@H](C)C3)ccc21. The molecule has 132 valence electrons. The molecular weight excluding hydrogens is 300 g/mol. The number of hydrogen-bond donors (Lipinski definition) is 1. The van der Waals surface area contributed by atoms with Crippen molar-refractivity contribution in [2.75, 3.05) is 31.1 Å². The van der Waals surface area contributed by atoms with Crippen LogP contribution in [-0.4, -0.2) is 42.1 Å². The van der Waals surface area contributed by atoms with Gasteiger partial charge in [0.25, 0.3) is 0 Å². The van der Waals surface area contributed by atoms with Gasteiger partial charge in [0.2, 0.25) is 5.91 Å². The van der Waals surface area contributed by atoms with E-state index in [0.717, 1.165) is 49.6 Å². The molecule has 1 aromatic carbocycles. The van der Waals surface area contributed by atoms with Crippen LogP contribution in [0.4, 0.5) is 5.69 Å². The molecule has 0 spiro atoms. The predicted octanol–water partition coefficient (Wildman–Crippen LogP) is 3.14. The van der Waals surface area contributed by atoms with Gasteiger partial charge in [-0.05, 0) is 55.3 Å². The highest BCUT2D eigenvalue weighted by Gasteiger charge is 2.24. The molecule has 4 heteroatoms. The molecule has 2 aliphatic rings. The van der Waals surface area contributed by atoms with E-state index < -0.39 is 6.10 Å². The van der Waals surface area contributed by atoms with Crippen molar-refractivity contribution in [3.63, 3.8) is 0 Å². The van der Waals surface area contributed by atoms with Crippen LogP contribution in [0.3, 0.4) is 0 Å². The summed E-state index contributed by atoms with van der Waals surface area (Å²) in [6.45, 7) is 7.89. The average molecular weight is 330 g/mol. The minimum atomic E-state index is -0.446. The Morgan fingerprint density at radius 1 is 1.33 bits per heavy atom. The summed E-state index contributed by atoms with van der Waals surface area (Å²) in [6, 6.07) is 6.14. The number of likely N-dealkylation sites (tertiary alicyclic amines) is 1. The molecule has 0 bridgehead atoms. The molecule has 0 radical (unpaired) electrons. The molecule has 2 aliphatic heterocycles. The van der Waals surface area contributed by atoms with E-state index in [9.17, 15) is 9.90 Å². The summed E-state index contributed by atoms with van der Waals surface area (Å²) in [6.07, 6.45) is 4.61. The number of carbonyl (C=O) groups excluding carboxylic acids is 1. The van der Waals surface area contributed by atoms with Crippen molar-refractivity contribution in [1.29, 1.82) is 0 Å². The number of aliphatic hydroxyl groups excluding tert-OH is 1. The summed E-state index contributed by atoms with van der Waals surface area (Å²) in [5.41, 5.74) is 3.22. The fourth-order valence-electron chi connectivity index (χ4n) is 4.08. The quantitative estimate of drug-likeness (QED) is 0.922. The first kappa shape index (κ1) is 17.4. The van der Waals surface area contributed by atoms with Crippen LogP contribution in [0, 0.1) is 5.92 Å². The molecule has 0 unspecified atom stereocenters.